The third kappa shape index (κ3) is 3.56. The van der Waals surface area contributed by atoms with Gasteiger partial charge in [0.25, 0.3) is 5.91 Å². The molecule has 5 nitrogen and oxygen atoms in total. The number of hydrogen-bond acceptors (Lipinski definition) is 3. The minimum Gasteiger partial charge on any atom is -0.355 e. The number of carbonyl (C=O) groups excluding carboxylic acids is 2. The third-order valence-electron chi connectivity index (χ3n) is 2.59. The van der Waals surface area contributed by atoms with Crippen LogP contribution in [0.4, 0.5) is 5.69 Å². The highest BCUT2D eigenvalue weighted by molar-refractivity contribution is 6.04. The molecule has 4 N–H and O–H groups in total. The van der Waals surface area contributed by atoms with Gasteiger partial charge in [-0.2, -0.15) is 0 Å². The standard InChI is InChI=1S/C13H19N3O2/c1-3-6-10(14)13(18)16-11-8-5-4-7-9(11)12(17)15-2/h4-5,7-8,10H,3,6,14H2,1-2H3,(H,15,17)(H,16,18). The summed E-state index contributed by atoms with van der Waals surface area (Å²) < 4.78 is 0. The fourth-order valence-electron chi connectivity index (χ4n) is 1.59. The van der Waals surface area contributed by atoms with Gasteiger partial charge in [-0.05, 0) is 18.6 Å². The van der Waals surface area contributed by atoms with Crippen LogP contribution in [0.25, 0.3) is 0 Å². The van der Waals surface area contributed by atoms with Crippen LogP contribution in [0.2, 0.25) is 0 Å². The molecule has 0 fully saturated rings. The zero-order valence-electron chi connectivity index (χ0n) is 10.7. The van der Waals surface area contributed by atoms with Crippen molar-refractivity contribution < 1.29 is 9.59 Å². The summed E-state index contributed by atoms with van der Waals surface area (Å²) in [5.74, 6) is -0.511. The van der Waals surface area contributed by atoms with Crippen molar-refractivity contribution in [2.75, 3.05) is 12.4 Å². The number of anilines is 1. The van der Waals surface area contributed by atoms with Gasteiger partial charge in [-0.3, -0.25) is 9.59 Å². The second kappa shape index (κ2) is 6.76. The molecule has 5 heteroatoms. The number of nitrogens with one attached hydrogen (secondary N) is 2. The van der Waals surface area contributed by atoms with E-state index in [1.807, 2.05) is 6.92 Å². The van der Waals surface area contributed by atoms with Crippen LogP contribution in [-0.4, -0.2) is 24.9 Å². The molecule has 1 unspecified atom stereocenters. The van der Waals surface area contributed by atoms with Gasteiger partial charge >= 0.3 is 0 Å². The number of benzene rings is 1. The fourth-order valence-corrected chi connectivity index (χ4v) is 1.59. The normalized spacial score (nSPS) is 11.7. The van der Waals surface area contributed by atoms with Crippen molar-refractivity contribution in [3.05, 3.63) is 29.8 Å². The fraction of sp³-hybridized carbons (Fsp3) is 0.385. The van der Waals surface area contributed by atoms with Crippen LogP contribution in [0.1, 0.15) is 30.1 Å². The molecule has 0 heterocycles. The van der Waals surface area contributed by atoms with Crippen LogP contribution >= 0.6 is 0 Å². The molecular formula is C13H19N3O2. The van der Waals surface area contributed by atoms with Gasteiger partial charge in [0.1, 0.15) is 0 Å². The Balaban J connectivity index is 2.84. The lowest BCUT2D eigenvalue weighted by Crippen LogP contribution is -2.36. The molecule has 18 heavy (non-hydrogen) atoms. The van der Waals surface area contributed by atoms with Crippen molar-refractivity contribution in [3.63, 3.8) is 0 Å². The monoisotopic (exact) mass is 249 g/mol. The van der Waals surface area contributed by atoms with Gasteiger partial charge < -0.3 is 16.4 Å². The number of amides is 2. The van der Waals surface area contributed by atoms with E-state index in [0.717, 1.165) is 6.42 Å². The maximum absolute atomic E-state index is 11.8. The molecule has 0 saturated carbocycles. The van der Waals surface area contributed by atoms with Crippen molar-refractivity contribution in [1.82, 2.24) is 5.32 Å². The lowest BCUT2D eigenvalue weighted by atomic mass is 10.1. The Hall–Kier alpha value is -1.88. The van der Waals surface area contributed by atoms with Gasteiger partial charge in [0.15, 0.2) is 0 Å². The zero-order valence-corrected chi connectivity index (χ0v) is 10.7. The Labute approximate surface area is 107 Å². The molecule has 1 atom stereocenters. The van der Waals surface area contributed by atoms with Gasteiger partial charge in [-0.15, -0.1) is 0 Å². The molecule has 0 aliphatic heterocycles. The van der Waals surface area contributed by atoms with E-state index in [9.17, 15) is 9.59 Å². The molecule has 0 aromatic heterocycles. The second-order valence-electron chi connectivity index (χ2n) is 4.01. The minimum atomic E-state index is -0.548. The van der Waals surface area contributed by atoms with E-state index < -0.39 is 6.04 Å². The number of hydrogen-bond donors (Lipinski definition) is 3. The highest BCUT2D eigenvalue weighted by atomic mass is 16.2. The van der Waals surface area contributed by atoms with E-state index in [-0.39, 0.29) is 11.8 Å². The Morgan fingerprint density at radius 1 is 1.33 bits per heavy atom. The van der Waals surface area contributed by atoms with Gasteiger partial charge in [-0.25, -0.2) is 0 Å². The smallest absolute Gasteiger partial charge is 0.253 e. The van der Waals surface area contributed by atoms with E-state index >= 15 is 0 Å². The summed E-state index contributed by atoms with van der Waals surface area (Å²) in [6.07, 6.45) is 1.46. The average Bonchev–Trinajstić information content (AvgIpc) is 2.38. The highest BCUT2D eigenvalue weighted by Crippen LogP contribution is 2.15. The van der Waals surface area contributed by atoms with Crippen LogP contribution in [0.5, 0.6) is 0 Å². The number of carbonyl (C=O) groups is 2. The van der Waals surface area contributed by atoms with Crippen molar-refractivity contribution in [3.8, 4) is 0 Å². The Morgan fingerprint density at radius 2 is 2.00 bits per heavy atom. The van der Waals surface area contributed by atoms with Crippen molar-refractivity contribution >= 4 is 17.5 Å². The summed E-state index contributed by atoms with van der Waals surface area (Å²) >= 11 is 0. The van der Waals surface area contributed by atoms with E-state index in [2.05, 4.69) is 10.6 Å². The molecule has 2 amide bonds. The molecule has 0 spiro atoms. The topological polar surface area (TPSA) is 84.2 Å². The van der Waals surface area contributed by atoms with E-state index in [4.69, 9.17) is 5.73 Å². The molecule has 1 aromatic rings. The lowest BCUT2D eigenvalue weighted by molar-refractivity contribution is -0.117. The first-order valence-electron chi connectivity index (χ1n) is 5.97. The summed E-state index contributed by atoms with van der Waals surface area (Å²) in [6.45, 7) is 1.96. The Kier molecular flexibility index (Phi) is 5.32. The SMILES string of the molecule is CCCC(N)C(=O)Nc1ccccc1C(=O)NC. The Morgan fingerprint density at radius 3 is 2.61 bits per heavy atom. The molecule has 0 aliphatic rings. The second-order valence-corrected chi connectivity index (χ2v) is 4.01. The van der Waals surface area contributed by atoms with Crippen molar-refractivity contribution in [1.29, 1.82) is 0 Å². The summed E-state index contributed by atoms with van der Waals surface area (Å²) in [4.78, 5) is 23.4. The molecular weight excluding hydrogens is 230 g/mol. The van der Waals surface area contributed by atoms with Crippen molar-refractivity contribution in [2.45, 2.75) is 25.8 Å². The summed E-state index contributed by atoms with van der Waals surface area (Å²) in [5, 5.41) is 5.21. The quantitative estimate of drug-likeness (QED) is 0.731. The predicted molar refractivity (Wildman–Crippen MR) is 71.3 cm³/mol. The van der Waals surface area contributed by atoms with Crippen LogP contribution in [-0.2, 0) is 4.79 Å². The van der Waals surface area contributed by atoms with Crippen molar-refractivity contribution in [2.24, 2.45) is 5.73 Å². The number of nitrogens with two attached hydrogens (primary N) is 1. The van der Waals surface area contributed by atoms with Gasteiger partial charge in [-0.1, -0.05) is 25.5 Å². The lowest BCUT2D eigenvalue weighted by Gasteiger charge is -2.13. The predicted octanol–water partition coefficient (Wildman–Crippen LogP) is 1.11. The van der Waals surface area contributed by atoms with Crippen LogP contribution in [0, 0.1) is 0 Å². The summed E-state index contributed by atoms with van der Waals surface area (Å²) in [5.41, 5.74) is 6.63. The molecule has 1 rings (SSSR count). The number of rotatable bonds is 5. The van der Waals surface area contributed by atoms with Gasteiger partial charge in [0.05, 0.1) is 17.3 Å². The van der Waals surface area contributed by atoms with E-state index in [0.29, 0.717) is 17.7 Å². The van der Waals surface area contributed by atoms with Crippen LogP contribution < -0.4 is 16.4 Å². The molecule has 0 radical (unpaired) electrons. The minimum absolute atomic E-state index is 0.241. The zero-order chi connectivity index (χ0) is 13.5. The maximum atomic E-state index is 11.8. The third-order valence-corrected chi connectivity index (χ3v) is 2.59. The number of para-hydroxylation sites is 1. The van der Waals surface area contributed by atoms with Gasteiger partial charge in [0, 0.05) is 7.05 Å². The summed E-state index contributed by atoms with van der Waals surface area (Å²) in [6, 6.07) is 6.29. The Bertz CT molecular complexity index is 432. The summed E-state index contributed by atoms with van der Waals surface area (Å²) in [7, 11) is 1.55. The molecule has 0 bridgehead atoms. The average molecular weight is 249 g/mol. The molecule has 1 aromatic carbocycles. The van der Waals surface area contributed by atoms with Crippen LogP contribution in [0.3, 0.4) is 0 Å². The molecule has 0 aliphatic carbocycles. The van der Waals surface area contributed by atoms with Gasteiger partial charge in [0.2, 0.25) is 5.91 Å². The first-order chi connectivity index (χ1) is 8.60. The van der Waals surface area contributed by atoms with Crippen LogP contribution in [0.15, 0.2) is 24.3 Å². The molecule has 98 valence electrons. The largest absolute Gasteiger partial charge is 0.355 e. The first kappa shape index (κ1) is 14.2. The maximum Gasteiger partial charge on any atom is 0.253 e. The highest BCUT2D eigenvalue weighted by Gasteiger charge is 2.15. The van der Waals surface area contributed by atoms with E-state index in [1.54, 1.807) is 31.3 Å². The molecule has 0 saturated heterocycles. The first-order valence-corrected chi connectivity index (χ1v) is 5.97. The van der Waals surface area contributed by atoms with E-state index in [1.165, 1.54) is 0 Å².